The molecule has 2 aromatic carbocycles. The maximum absolute atomic E-state index is 12.8. The van der Waals surface area contributed by atoms with Crippen molar-refractivity contribution in [2.24, 2.45) is 11.8 Å². The lowest BCUT2D eigenvalue weighted by atomic mass is 9.96. The first-order valence-corrected chi connectivity index (χ1v) is 14.0. The van der Waals surface area contributed by atoms with E-state index in [9.17, 15) is 19.5 Å². The number of hydrogen-bond acceptors (Lipinski definition) is 3. The van der Waals surface area contributed by atoms with Gasteiger partial charge in [-0.3, -0.25) is 9.59 Å². The van der Waals surface area contributed by atoms with E-state index in [4.69, 9.17) is 0 Å². The van der Waals surface area contributed by atoms with Gasteiger partial charge in [0.1, 0.15) is 6.04 Å². The van der Waals surface area contributed by atoms with Crippen molar-refractivity contribution in [1.82, 2.24) is 10.6 Å². The van der Waals surface area contributed by atoms with Crippen LogP contribution < -0.4 is 10.6 Å². The molecule has 0 aliphatic carbocycles. The Hall–Kier alpha value is -3.15. The number of carbonyl (C=O) groups excluding carboxylic acids is 2. The van der Waals surface area contributed by atoms with Crippen molar-refractivity contribution in [3.63, 3.8) is 0 Å². The van der Waals surface area contributed by atoms with Gasteiger partial charge in [-0.2, -0.15) is 0 Å². The van der Waals surface area contributed by atoms with Crippen LogP contribution in [0.25, 0.3) is 0 Å². The Labute approximate surface area is 228 Å². The first-order chi connectivity index (χ1) is 18.0. The highest BCUT2D eigenvalue weighted by Gasteiger charge is 2.23. The molecule has 0 aliphatic heterocycles. The maximum Gasteiger partial charge on any atom is 0.326 e. The molecule has 3 N–H and O–H groups in total. The Morgan fingerprint density at radius 1 is 0.684 bits per heavy atom. The van der Waals surface area contributed by atoms with Crippen molar-refractivity contribution in [1.29, 1.82) is 0 Å². The van der Waals surface area contributed by atoms with Gasteiger partial charge in [-0.05, 0) is 80.0 Å². The molecule has 0 saturated carbocycles. The number of carboxylic acids is 1. The fourth-order valence-corrected chi connectivity index (χ4v) is 4.52. The number of rotatable bonds is 15. The molecule has 2 unspecified atom stereocenters. The van der Waals surface area contributed by atoms with E-state index in [1.807, 2.05) is 43.3 Å². The average Bonchev–Trinajstić information content (AvgIpc) is 2.86. The van der Waals surface area contributed by atoms with Gasteiger partial charge in [0, 0.05) is 6.54 Å². The van der Waals surface area contributed by atoms with Crippen LogP contribution in [0.3, 0.4) is 0 Å². The zero-order chi connectivity index (χ0) is 28.2. The molecule has 0 aromatic heterocycles. The van der Waals surface area contributed by atoms with Gasteiger partial charge in [-0.25, -0.2) is 4.79 Å². The first-order valence-electron chi connectivity index (χ1n) is 14.0. The summed E-state index contributed by atoms with van der Waals surface area (Å²) in [7, 11) is 0. The molecule has 2 rings (SSSR count). The minimum atomic E-state index is -1.04. The fourth-order valence-electron chi connectivity index (χ4n) is 4.52. The summed E-state index contributed by atoms with van der Waals surface area (Å²) in [6, 6.07) is 15.2. The Morgan fingerprint density at radius 3 is 1.55 bits per heavy atom. The van der Waals surface area contributed by atoms with Gasteiger partial charge >= 0.3 is 5.97 Å². The van der Waals surface area contributed by atoms with Crippen molar-refractivity contribution < 1.29 is 19.5 Å². The molecule has 208 valence electrons. The van der Waals surface area contributed by atoms with Gasteiger partial charge in [-0.1, -0.05) is 76.2 Å². The van der Waals surface area contributed by atoms with Gasteiger partial charge in [0.25, 0.3) is 0 Å². The smallest absolute Gasteiger partial charge is 0.326 e. The van der Waals surface area contributed by atoms with Crippen molar-refractivity contribution in [3.8, 4) is 0 Å². The summed E-state index contributed by atoms with van der Waals surface area (Å²) in [5, 5.41) is 15.3. The number of amides is 2. The molecule has 0 heterocycles. The molecule has 0 bridgehead atoms. The van der Waals surface area contributed by atoms with E-state index in [0.717, 1.165) is 24.0 Å². The van der Waals surface area contributed by atoms with Crippen molar-refractivity contribution >= 4 is 17.8 Å². The fraction of sp³-hybridized carbons (Fsp3) is 0.531. The van der Waals surface area contributed by atoms with E-state index >= 15 is 0 Å². The van der Waals surface area contributed by atoms with Crippen LogP contribution >= 0.6 is 0 Å². The van der Waals surface area contributed by atoms with E-state index in [2.05, 4.69) is 50.5 Å². The summed E-state index contributed by atoms with van der Waals surface area (Å²) in [6.07, 6.45) is 3.52. The molecular formula is C32H46N2O4. The van der Waals surface area contributed by atoms with Crippen LogP contribution in [-0.4, -0.2) is 35.5 Å². The van der Waals surface area contributed by atoms with Crippen molar-refractivity contribution in [3.05, 3.63) is 70.8 Å². The number of unbranched alkanes of at least 4 members (excludes halogenated alkanes) is 1. The van der Waals surface area contributed by atoms with E-state index in [-0.39, 0.29) is 17.7 Å². The Balaban J connectivity index is 1.77. The lowest BCUT2D eigenvalue weighted by Crippen LogP contribution is -2.42. The van der Waals surface area contributed by atoms with Crippen LogP contribution in [-0.2, 0) is 27.2 Å². The van der Waals surface area contributed by atoms with Crippen LogP contribution in [0, 0.1) is 11.8 Å². The number of hydrogen-bond donors (Lipinski definition) is 3. The maximum atomic E-state index is 12.8. The van der Waals surface area contributed by atoms with E-state index < -0.39 is 17.9 Å². The number of aliphatic carboxylic acids is 1. The number of benzene rings is 2. The van der Waals surface area contributed by atoms with Gasteiger partial charge in [0.15, 0.2) is 0 Å². The van der Waals surface area contributed by atoms with Crippen LogP contribution in [0.5, 0.6) is 0 Å². The second-order valence-electron chi connectivity index (χ2n) is 11.3. The van der Waals surface area contributed by atoms with Crippen molar-refractivity contribution in [2.45, 2.75) is 91.5 Å². The predicted octanol–water partition coefficient (Wildman–Crippen LogP) is 5.85. The molecule has 0 saturated heterocycles. The predicted molar refractivity (Wildman–Crippen MR) is 153 cm³/mol. The summed E-state index contributed by atoms with van der Waals surface area (Å²) < 4.78 is 0. The summed E-state index contributed by atoms with van der Waals surface area (Å²) in [5.74, 6) is -0.933. The van der Waals surface area contributed by atoms with Gasteiger partial charge < -0.3 is 15.7 Å². The summed E-state index contributed by atoms with van der Waals surface area (Å²) >= 11 is 0. The second kappa shape index (κ2) is 15.3. The summed E-state index contributed by atoms with van der Waals surface area (Å²) in [4.78, 5) is 37.1. The molecule has 2 aromatic rings. The molecule has 0 aliphatic rings. The summed E-state index contributed by atoms with van der Waals surface area (Å²) in [5.41, 5.74) is 4.34. The van der Waals surface area contributed by atoms with Crippen LogP contribution in [0.1, 0.15) is 94.9 Å². The van der Waals surface area contributed by atoms with Crippen LogP contribution in [0.4, 0.5) is 0 Å². The molecule has 6 heteroatoms. The highest BCUT2D eigenvalue weighted by Crippen LogP contribution is 2.19. The van der Waals surface area contributed by atoms with Crippen molar-refractivity contribution in [2.75, 3.05) is 6.54 Å². The standard InChI is InChI=1S/C32H46N2O4/c1-21(2)19-25-10-14-27(15-11-25)23(5)30(35)33-18-8-7-9-29(32(37)38)34-31(36)24(6)28-16-12-26(13-17-28)20-22(3)4/h10-17,21-24,29H,7-9,18-20H2,1-6H3,(H,33,35)(H,34,36)(H,37,38)/t23?,24?,29-/m0/s1. The van der Waals surface area contributed by atoms with Gasteiger partial charge in [-0.15, -0.1) is 0 Å². The van der Waals surface area contributed by atoms with Crippen LogP contribution in [0.2, 0.25) is 0 Å². The van der Waals surface area contributed by atoms with E-state index in [1.54, 1.807) is 6.92 Å². The molecule has 3 atom stereocenters. The quantitative estimate of drug-likeness (QED) is 0.256. The third-order valence-electron chi connectivity index (χ3n) is 6.87. The number of carboxylic acid groups (broad SMARTS) is 1. The number of nitrogens with one attached hydrogen (secondary N) is 2. The molecule has 0 spiro atoms. The number of carbonyl (C=O) groups is 3. The monoisotopic (exact) mass is 522 g/mol. The third-order valence-corrected chi connectivity index (χ3v) is 6.87. The minimum Gasteiger partial charge on any atom is -0.480 e. The zero-order valence-electron chi connectivity index (χ0n) is 23.9. The Bertz CT molecular complexity index is 1030. The SMILES string of the molecule is CC(C)Cc1ccc(C(C)C(=O)NCCCC[C@H](NC(=O)C(C)c2ccc(CC(C)C)cc2)C(=O)O)cc1. The first kappa shape index (κ1) is 31.1. The second-order valence-corrected chi connectivity index (χ2v) is 11.3. The van der Waals surface area contributed by atoms with Gasteiger partial charge in [0.05, 0.1) is 11.8 Å². The zero-order valence-corrected chi connectivity index (χ0v) is 23.9. The highest BCUT2D eigenvalue weighted by atomic mass is 16.4. The lowest BCUT2D eigenvalue weighted by molar-refractivity contribution is -0.142. The highest BCUT2D eigenvalue weighted by molar-refractivity contribution is 5.87. The molecule has 0 radical (unpaired) electrons. The molecule has 0 fully saturated rings. The lowest BCUT2D eigenvalue weighted by Gasteiger charge is -2.19. The minimum absolute atomic E-state index is 0.0436. The largest absolute Gasteiger partial charge is 0.480 e. The summed E-state index contributed by atoms with van der Waals surface area (Å²) in [6.45, 7) is 12.8. The topological polar surface area (TPSA) is 95.5 Å². The third kappa shape index (κ3) is 10.3. The Morgan fingerprint density at radius 2 is 1.13 bits per heavy atom. The molecule has 6 nitrogen and oxygen atoms in total. The Kier molecular flexibility index (Phi) is 12.5. The average molecular weight is 523 g/mol. The van der Waals surface area contributed by atoms with Crippen LogP contribution in [0.15, 0.2) is 48.5 Å². The van der Waals surface area contributed by atoms with Gasteiger partial charge in [0.2, 0.25) is 11.8 Å². The molecule has 2 amide bonds. The van der Waals surface area contributed by atoms with E-state index in [0.29, 0.717) is 37.6 Å². The van der Waals surface area contributed by atoms with E-state index in [1.165, 1.54) is 11.1 Å². The molecule has 38 heavy (non-hydrogen) atoms. The molecular weight excluding hydrogens is 476 g/mol. The normalized spacial score (nSPS) is 13.7.